The maximum absolute atomic E-state index is 5.97. The standard InChI is InChI=1S/C17H19BrClNO/c1-12(2)20-10-13-6-7-17(16(18)9-13)21-11-14-4-3-5-15(19)8-14/h3-9,12,20H,10-11H2,1-2H3. The van der Waals surface area contributed by atoms with Crippen LogP contribution in [0.5, 0.6) is 5.75 Å². The fourth-order valence-corrected chi connectivity index (χ4v) is 2.63. The molecule has 2 aromatic carbocycles. The fourth-order valence-electron chi connectivity index (χ4n) is 1.88. The van der Waals surface area contributed by atoms with Crippen molar-refractivity contribution in [3.8, 4) is 5.75 Å². The third kappa shape index (κ3) is 5.34. The van der Waals surface area contributed by atoms with Crippen molar-refractivity contribution in [2.24, 2.45) is 0 Å². The van der Waals surface area contributed by atoms with E-state index in [0.717, 1.165) is 27.4 Å². The van der Waals surface area contributed by atoms with Crippen LogP contribution in [0.4, 0.5) is 0 Å². The van der Waals surface area contributed by atoms with Crippen molar-refractivity contribution in [3.63, 3.8) is 0 Å². The van der Waals surface area contributed by atoms with Crippen LogP contribution in [0, 0.1) is 0 Å². The van der Waals surface area contributed by atoms with Crippen LogP contribution in [0.25, 0.3) is 0 Å². The number of benzene rings is 2. The van der Waals surface area contributed by atoms with E-state index in [1.807, 2.05) is 30.3 Å². The second-order valence-electron chi connectivity index (χ2n) is 5.22. The molecule has 0 spiro atoms. The van der Waals surface area contributed by atoms with Gasteiger partial charge in [-0.2, -0.15) is 0 Å². The number of ether oxygens (including phenoxy) is 1. The van der Waals surface area contributed by atoms with Gasteiger partial charge in [0.15, 0.2) is 0 Å². The zero-order valence-electron chi connectivity index (χ0n) is 12.2. The van der Waals surface area contributed by atoms with Gasteiger partial charge in [-0.1, -0.05) is 43.6 Å². The van der Waals surface area contributed by atoms with E-state index in [0.29, 0.717) is 12.6 Å². The first-order valence-corrected chi connectivity index (χ1v) is 8.11. The summed E-state index contributed by atoms with van der Waals surface area (Å²) in [5, 5.41) is 4.12. The lowest BCUT2D eigenvalue weighted by Gasteiger charge is -2.12. The number of nitrogens with one attached hydrogen (secondary N) is 1. The molecule has 2 aromatic rings. The Morgan fingerprint density at radius 3 is 2.62 bits per heavy atom. The Bertz CT molecular complexity index is 601. The molecule has 0 aliphatic rings. The summed E-state index contributed by atoms with van der Waals surface area (Å²) in [6.45, 7) is 5.63. The van der Waals surface area contributed by atoms with Crippen molar-refractivity contribution >= 4 is 27.5 Å². The van der Waals surface area contributed by atoms with Gasteiger partial charge in [0.2, 0.25) is 0 Å². The molecule has 0 saturated carbocycles. The van der Waals surface area contributed by atoms with Gasteiger partial charge >= 0.3 is 0 Å². The highest BCUT2D eigenvalue weighted by molar-refractivity contribution is 9.10. The molecule has 2 rings (SSSR count). The Balaban J connectivity index is 1.97. The average molecular weight is 369 g/mol. The van der Waals surface area contributed by atoms with E-state index in [9.17, 15) is 0 Å². The van der Waals surface area contributed by atoms with Crippen molar-refractivity contribution in [1.82, 2.24) is 5.32 Å². The molecule has 112 valence electrons. The molecule has 0 aliphatic heterocycles. The van der Waals surface area contributed by atoms with Crippen molar-refractivity contribution in [2.45, 2.75) is 33.0 Å². The predicted molar refractivity (Wildman–Crippen MR) is 91.9 cm³/mol. The second-order valence-corrected chi connectivity index (χ2v) is 6.51. The van der Waals surface area contributed by atoms with E-state index < -0.39 is 0 Å². The van der Waals surface area contributed by atoms with Crippen LogP contribution in [-0.4, -0.2) is 6.04 Å². The van der Waals surface area contributed by atoms with Gasteiger partial charge in [-0.3, -0.25) is 0 Å². The van der Waals surface area contributed by atoms with Gasteiger partial charge in [-0.15, -0.1) is 0 Å². The number of hydrogen-bond acceptors (Lipinski definition) is 2. The van der Waals surface area contributed by atoms with Gasteiger partial charge in [-0.25, -0.2) is 0 Å². The molecule has 0 heterocycles. The molecule has 0 saturated heterocycles. The number of rotatable bonds is 6. The highest BCUT2D eigenvalue weighted by Gasteiger charge is 2.04. The smallest absolute Gasteiger partial charge is 0.134 e. The molecule has 0 aromatic heterocycles. The summed E-state index contributed by atoms with van der Waals surface area (Å²) in [5.74, 6) is 0.836. The van der Waals surface area contributed by atoms with Crippen LogP contribution in [-0.2, 0) is 13.2 Å². The van der Waals surface area contributed by atoms with Crippen molar-refractivity contribution in [3.05, 3.63) is 63.1 Å². The van der Waals surface area contributed by atoms with Gasteiger partial charge in [0.1, 0.15) is 12.4 Å². The van der Waals surface area contributed by atoms with Crippen molar-refractivity contribution in [1.29, 1.82) is 0 Å². The van der Waals surface area contributed by atoms with Crippen LogP contribution in [0.2, 0.25) is 5.02 Å². The number of hydrogen-bond donors (Lipinski definition) is 1. The highest BCUT2D eigenvalue weighted by Crippen LogP contribution is 2.27. The molecule has 4 heteroatoms. The summed E-state index contributed by atoms with van der Waals surface area (Å²) in [4.78, 5) is 0. The molecule has 0 bridgehead atoms. The van der Waals surface area contributed by atoms with Crippen molar-refractivity contribution < 1.29 is 4.74 Å². The highest BCUT2D eigenvalue weighted by atomic mass is 79.9. The minimum atomic E-state index is 0.475. The van der Waals surface area contributed by atoms with Crippen LogP contribution in [0.3, 0.4) is 0 Å². The first-order valence-electron chi connectivity index (χ1n) is 6.93. The van der Waals surface area contributed by atoms with Gasteiger partial charge in [-0.05, 0) is 51.3 Å². The number of halogens is 2. The maximum Gasteiger partial charge on any atom is 0.134 e. The zero-order chi connectivity index (χ0) is 15.2. The van der Waals surface area contributed by atoms with Crippen LogP contribution in [0.15, 0.2) is 46.9 Å². The topological polar surface area (TPSA) is 21.3 Å². The normalized spacial score (nSPS) is 10.9. The molecule has 1 N–H and O–H groups in total. The quantitative estimate of drug-likeness (QED) is 0.758. The summed E-state index contributed by atoms with van der Waals surface area (Å²) in [6, 6.07) is 14.3. The maximum atomic E-state index is 5.97. The Morgan fingerprint density at radius 1 is 1.14 bits per heavy atom. The third-order valence-corrected chi connectivity index (χ3v) is 3.85. The summed E-state index contributed by atoms with van der Waals surface area (Å²) >= 11 is 9.53. The van der Waals surface area contributed by atoms with Crippen LogP contribution >= 0.6 is 27.5 Å². The van der Waals surface area contributed by atoms with Gasteiger partial charge in [0, 0.05) is 17.6 Å². The SMILES string of the molecule is CC(C)NCc1ccc(OCc2cccc(Cl)c2)c(Br)c1. The lowest BCUT2D eigenvalue weighted by molar-refractivity contribution is 0.304. The van der Waals surface area contributed by atoms with Crippen LogP contribution < -0.4 is 10.1 Å². The zero-order valence-corrected chi connectivity index (χ0v) is 14.5. The van der Waals surface area contributed by atoms with Crippen molar-refractivity contribution in [2.75, 3.05) is 0 Å². The Labute approximate surface area is 139 Å². The van der Waals surface area contributed by atoms with Crippen LogP contribution in [0.1, 0.15) is 25.0 Å². The minimum Gasteiger partial charge on any atom is -0.488 e. The Kier molecular flexibility index (Phi) is 6.09. The lowest BCUT2D eigenvalue weighted by Crippen LogP contribution is -2.21. The average Bonchev–Trinajstić information content (AvgIpc) is 2.44. The Hall–Kier alpha value is -1.03. The van der Waals surface area contributed by atoms with E-state index in [-0.39, 0.29) is 0 Å². The van der Waals surface area contributed by atoms with Gasteiger partial charge in [0.05, 0.1) is 4.47 Å². The molecular weight excluding hydrogens is 350 g/mol. The summed E-state index contributed by atoms with van der Waals surface area (Å²) in [6.07, 6.45) is 0. The minimum absolute atomic E-state index is 0.475. The molecule has 0 radical (unpaired) electrons. The predicted octanol–water partition coefficient (Wildman–Crippen LogP) is 5.18. The van der Waals surface area contributed by atoms with Gasteiger partial charge in [0.25, 0.3) is 0 Å². The first-order chi connectivity index (χ1) is 10.0. The molecule has 0 atom stereocenters. The molecule has 0 aliphatic carbocycles. The molecule has 0 unspecified atom stereocenters. The van der Waals surface area contributed by atoms with E-state index in [1.165, 1.54) is 5.56 Å². The largest absolute Gasteiger partial charge is 0.488 e. The van der Waals surface area contributed by atoms with E-state index >= 15 is 0 Å². The van der Waals surface area contributed by atoms with E-state index in [1.54, 1.807) is 0 Å². The van der Waals surface area contributed by atoms with E-state index in [2.05, 4.69) is 47.2 Å². The van der Waals surface area contributed by atoms with E-state index in [4.69, 9.17) is 16.3 Å². The molecule has 2 nitrogen and oxygen atoms in total. The molecular formula is C17H19BrClNO. The summed E-state index contributed by atoms with van der Waals surface area (Å²) in [5.41, 5.74) is 2.28. The third-order valence-electron chi connectivity index (χ3n) is 2.99. The molecule has 0 fully saturated rings. The summed E-state index contributed by atoms with van der Waals surface area (Å²) in [7, 11) is 0. The lowest BCUT2D eigenvalue weighted by atomic mass is 10.2. The Morgan fingerprint density at radius 2 is 1.95 bits per heavy atom. The first kappa shape index (κ1) is 16.3. The molecule has 21 heavy (non-hydrogen) atoms. The van der Waals surface area contributed by atoms with Gasteiger partial charge < -0.3 is 10.1 Å². The summed E-state index contributed by atoms with van der Waals surface area (Å²) < 4.78 is 6.80. The fraction of sp³-hybridized carbons (Fsp3) is 0.294. The second kappa shape index (κ2) is 7.83. The molecule has 0 amide bonds. The monoisotopic (exact) mass is 367 g/mol.